The molecule has 1 aliphatic heterocycles. The third-order valence-electron chi connectivity index (χ3n) is 3.12. The molecule has 1 aliphatic rings. The lowest BCUT2D eigenvalue weighted by Crippen LogP contribution is -2.69. The first-order valence-electron chi connectivity index (χ1n) is 6.65. The van der Waals surface area contributed by atoms with Gasteiger partial charge >= 0.3 is 12.2 Å². The summed E-state index contributed by atoms with van der Waals surface area (Å²) in [5.41, 5.74) is -3.44. The molecule has 0 aromatic carbocycles. The molecule has 10 heteroatoms. The number of nitrogens with zero attached hydrogens (tertiary/aromatic N) is 1. The van der Waals surface area contributed by atoms with Crippen molar-refractivity contribution in [3.05, 3.63) is 22.4 Å². The molecule has 1 aromatic rings. The minimum absolute atomic E-state index is 0.00187. The first-order valence-corrected chi connectivity index (χ1v) is 7.53. The van der Waals surface area contributed by atoms with E-state index in [1.54, 1.807) is 24.5 Å². The number of hydrogen-bond donors (Lipinski definition) is 2. The number of rotatable bonds is 4. The monoisotopic (exact) mass is 349 g/mol. The molecule has 2 N–H and O–H groups in total. The zero-order chi connectivity index (χ0) is 17.4. The Morgan fingerprint density at radius 2 is 2.09 bits per heavy atom. The molecule has 23 heavy (non-hydrogen) atoms. The van der Waals surface area contributed by atoms with Crippen LogP contribution in [0.3, 0.4) is 0 Å². The average Bonchev–Trinajstić information content (AvgIpc) is 3.01. The lowest BCUT2D eigenvalue weighted by molar-refractivity contribution is -0.200. The maximum Gasteiger partial charge on any atom is 0.440 e. The Morgan fingerprint density at radius 3 is 2.57 bits per heavy atom. The van der Waals surface area contributed by atoms with Crippen molar-refractivity contribution in [2.45, 2.75) is 25.7 Å². The zero-order valence-electron chi connectivity index (χ0n) is 12.2. The van der Waals surface area contributed by atoms with Gasteiger partial charge in [0, 0.05) is 6.54 Å². The molecular weight excluding hydrogens is 335 g/mol. The van der Waals surface area contributed by atoms with Gasteiger partial charge in [-0.3, -0.25) is 19.8 Å². The second kappa shape index (κ2) is 5.84. The van der Waals surface area contributed by atoms with Crippen LogP contribution in [-0.2, 0) is 4.79 Å². The Balaban J connectivity index is 2.36. The van der Waals surface area contributed by atoms with Crippen molar-refractivity contribution in [3.8, 4) is 0 Å². The summed E-state index contributed by atoms with van der Waals surface area (Å²) in [6.07, 6.45) is -5.18. The highest BCUT2D eigenvalue weighted by atomic mass is 32.1. The fourth-order valence-corrected chi connectivity index (χ4v) is 2.71. The van der Waals surface area contributed by atoms with Gasteiger partial charge in [-0.1, -0.05) is 19.9 Å². The first-order chi connectivity index (χ1) is 10.6. The predicted molar refractivity (Wildman–Crippen MR) is 75.7 cm³/mol. The number of carbonyl (C=O) groups is 3. The van der Waals surface area contributed by atoms with E-state index in [-0.39, 0.29) is 17.3 Å². The van der Waals surface area contributed by atoms with Crippen molar-refractivity contribution in [1.82, 2.24) is 15.5 Å². The standard InChI is InChI=1S/C13H14F3N3O3S/c1-7(2)6-19-10(21)12(13(14,15)16,18-11(19)22)17-9(20)8-4-3-5-23-8/h3-5,7H,6H2,1-2H3,(H,17,20)(H,18,22)/t12-/m1/s1. The Kier molecular flexibility index (Phi) is 4.38. The topological polar surface area (TPSA) is 78.5 Å². The van der Waals surface area contributed by atoms with E-state index in [2.05, 4.69) is 0 Å². The Bertz CT molecular complexity index is 630. The van der Waals surface area contributed by atoms with Crippen LogP contribution in [0, 0.1) is 5.92 Å². The van der Waals surface area contributed by atoms with Crippen LogP contribution in [0.1, 0.15) is 23.5 Å². The Hall–Kier alpha value is -2.10. The molecule has 126 valence electrons. The molecular formula is C13H14F3N3O3S. The normalized spacial score (nSPS) is 21.7. The molecule has 0 bridgehead atoms. The number of alkyl halides is 3. The Labute approximate surface area is 133 Å². The van der Waals surface area contributed by atoms with Crippen LogP contribution in [0.4, 0.5) is 18.0 Å². The number of thiophene rings is 1. The minimum atomic E-state index is -5.18. The summed E-state index contributed by atoms with van der Waals surface area (Å²) in [5, 5.41) is 4.74. The van der Waals surface area contributed by atoms with Crippen molar-refractivity contribution in [2.24, 2.45) is 5.92 Å². The lowest BCUT2D eigenvalue weighted by Gasteiger charge is -2.29. The highest BCUT2D eigenvalue weighted by Crippen LogP contribution is 2.34. The van der Waals surface area contributed by atoms with Gasteiger partial charge in [0.05, 0.1) is 4.88 Å². The van der Waals surface area contributed by atoms with Gasteiger partial charge < -0.3 is 5.32 Å². The van der Waals surface area contributed by atoms with E-state index in [1.807, 2.05) is 0 Å². The molecule has 1 saturated heterocycles. The van der Waals surface area contributed by atoms with E-state index in [0.29, 0.717) is 4.90 Å². The lowest BCUT2D eigenvalue weighted by atomic mass is 10.1. The molecule has 0 saturated carbocycles. The summed E-state index contributed by atoms with van der Waals surface area (Å²) < 4.78 is 40.4. The highest BCUT2D eigenvalue weighted by molar-refractivity contribution is 7.12. The fraction of sp³-hybridized carbons (Fsp3) is 0.462. The van der Waals surface area contributed by atoms with Crippen LogP contribution in [0.25, 0.3) is 0 Å². The van der Waals surface area contributed by atoms with E-state index >= 15 is 0 Å². The molecule has 0 aliphatic carbocycles. The maximum absolute atomic E-state index is 13.5. The molecule has 0 spiro atoms. The third-order valence-corrected chi connectivity index (χ3v) is 3.99. The van der Waals surface area contributed by atoms with Gasteiger partial charge in [0.2, 0.25) is 0 Å². The summed E-state index contributed by atoms with van der Waals surface area (Å²) in [4.78, 5) is 36.5. The summed E-state index contributed by atoms with van der Waals surface area (Å²) in [6, 6.07) is 1.62. The van der Waals surface area contributed by atoms with E-state index in [0.717, 1.165) is 11.3 Å². The number of nitrogens with one attached hydrogen (secondary N) is 2. The van der Waals surface area contributed by atoms with Crippen molar-refractivity contribution in [2.75, 3.05) is 6.54 Å². The zero-order valence-corrected chi connectivity index (χ0v) is 13.0. The van der Waals surface area contributed by atoms with E-state index in [4.69, 9.17) is 0 Å². The highest BCUT2D eigenvalue weighted by Gasteiger charge is 2.68. The van der Waals surface area contributed by atoms with Gasteiger partial charge in [0.1, 0.15) is 0 Å². The largest absolute Gasteiger partial charge is 0.440 e. The summed E-state index contributed by atoms with van der Waals surface area (Å²) in [6.45, 7) is 3.12. The van der Waals surface area contributed by atoms with Crippen molar-refractivity contribution in [1.29, 1.82) is 0 Å². The third kappa shape index (κ3) is 3.03. The fourth-order valence-electron chi connectivity index (χ4n) is 2.09. The number of carbonyl (C=O) groups excluding carboxylic acids is 3. The SMILES string of the molecule is CC(C)CN1C(=O)N[C@@](NC(=O)c2cccs2)(C(F)(F)F)C1=O. The van der Waals surface area contributed by atoms with Crippen LogP contribution in [0.15, 0.2) is 17.5 Å². The molecule has 2 rings (SSSR count). The number of halogens is 3. The van der Waals surface area contributed by atoms with Gasteiger partial charge in [0.25, 0.3) is 17.5 Å². The summed E-state index contributed by atoms with van der Waals surface area (Å²) >= 11 is 0.920. The van der Waals surface area contributed by atoms with Crippen LogP contribution >= 0.6 is 11.3 Å². The van der Waals surface area contributed by atoms with E-state index < -0.39 is 29.7 Å². The van der Waals surface area contributed by atoms with Gasteiger partial charge in [0.15, 0.2) is 0 Å². The van der Waals surface area contributed by atoms with Crippen LogP contribution in [-0.4, -0.2) is 41.1 Å². The predicted octanol–water partition coefficient (Wildman–Crippen LogP) is 1.94. The number of urea groups is 1. The first kappa shape index (κ1) is 17.3. The minimum Gasteiger partial charge on any atom is -0.313 e. The smallest absolute Gasteiger partial charge is 0.313 e. The quantitative estimate of drug-likeness (QED) is 0.816. The molecule has 1 atom stereocenters. The number of amides is 4. The number of imide groups is 1. The molecule has 2 heterocycles. The van der Waals surface area contributed by atoms with Crippen LogP contribution < -0.4 is 10.6 Å². The molecule has 6 nitrogen and oxygen atoms in total. The Morgan fingerprint density at radius 1 is 1.43 bits per heavy atom. The molecule has 0 radical (unpaired) electrons. The maximum atomic E-state index is 13.5. The van der Waals surface area contributed by atoms with Gasteiger partial charge in [-0.2, -0.15) is 13.2 Å². The van der Waals surface area contributed by atoms with E-state index in [9.17, 15) is 27.6 Å². The summed E-state index contributed by atoms with van der Waals surface area (Å²) in [5.74, 6) is -2.84. The molecule has 0 unspecified atom stereocenters. The molecule has 4 amide bonds. The second-order valence-corrected chi connectivity index (χ2v) is 6.37. The average molecular weight is 349 g/mol. The summed E-state index contributed by atoms with van der Waals surface area (Å²) in [7, 11) is 0. The van der Waals surface area contributed by atoms with Crippen molar-refractivity contribution < 1.29 is 27.6 Å². The van der Waals surface area contributed by atoms with Crippen LogP contribution in [0.2, 0.25) is 0 Å². The van der Waals surface area contributed by atoms with Crippen LogP contribution in [0.5, 0.6) is 0 Å². The number of hydrogen-bond acceptors (Lipinski definition) is 4. The molecule has 1 fully saturated rings. The van der Waals surface area contributed by atoms with Crippen molar-refractivity contribution in [3.63, 3.8) is 0 Å². The van der Waals surface area contributed by atoms with Gasteiger partial charge in [-0.15, -0.1) is 11.3 Å². The molecule has 1 aromatic heterocycles. The van der Waals surface area contributed by atoms with Gasteiger partial charge in [-0.05, 0) is 17.4 Å². The van der Waals surface area contributed by atoms with Crippen molar-refractivity contribution >= 4 is 29.2 Å². The second-order valence-electron chi connectivity index (χ2n) is 5.42. The van der Waals surface area contributed by atoms with E-state index in [1.165, 1.54) is 17.5 Å². The van der Waals surface area contributed by atoms with Gasteiger partial charge in [-0.25, -0.2) is 4.79 Å².